The normalized spacial score (nSPS) is 14.1. The molecule has 0 N–H and O–H groups in total. The summed E-state index contributed by atoms with van der Waals surface area (Å²) in [5.41, 5.74) is 2.11. The van der Waals surface area contributed by atoms with Gasteiger partial charge in [-0.25, -0.2) is 0 Å². The van der Waals surface area contributed by atoms with E-state index in [4.69, 9.17) is 9.47 Å². The van der Waals surface area contributed by atoms with Crippen molar-refractivity contribution in [3.63, 3.8) is 0 Å². The highest BCUT2D eigenvalue weighted by molar-refractivity contribution is 6.24. The van der Waals surface area contributed by atoms with Gasteiger partial charge in [0.1, 0.15) is 12.3 Å². The molecule has 0 unspecified atom stereocenters. The highest BCUT2D eigenvalue weighted by Gasteiger charge is 2.32. The number of nitrogens with zero attached hydrogens (tertiary/aromatic N) is 1. The number of Topliss-reactive ketones (excluding diaryl/α,β-unsaturated/α-hetero) is 1. The van der Waals surface area contributed by atoms with E-state index in [1.165, 1.54) is 20.1 Å². The lowest BCUT2D eigenvalue weighted by Gasteiger charge is -2.12. The summed E-state index contributed by atoms with van der Waals surface area (Å²) in [6.45, 7) is 3.23. The van der Waals surface area contributed by atoms with Crippen molar-refractivity contribution >= 4 is 23.6 Å². The van der Waals surface area contributed by atoms with E-state index < -0.39 is 0 Å². The summed E-state index contributed by atoms with van der Waals surface area (Å²) >= 11 is 0. The maximum atomic E-state index is 12.3. The van der Waals surface area contributed by atoms with Gasteiger partial charge in [0.2, 0.25) is 11.6 Å². The Bertz CT molecular complexity index is 721. The summed E-state index contributed by atoms with van der Waals surface area (Å²) in [4.78, 5) is 35.3. The third kappa shape index (κ3) is 2.59. The topological polar surface area (TPSA) is 74.6 Å². The molecule has 0 aromatic carbocycles. The summed E-state index contributed by atoms with van der Waals surface area (Å²) < 4.78 is 11.5. The molecule has 1 aromatic rings. The number of fused-ring (bicyclic) bond motifs is 1. The number of carbonyl (C=O) groups is 3. The molecule has 1 heterocycles. The second-order valence-electron chi connectivity index (χ2n) is 4.90. The van der Waals surface area contributed by atoms with Crippen LogP contribution in [0.2, 0.25) is 0 Å². The quantitative estimate of drug-likeness (QED) is 0.793. The molecular formula is C16H17NO5. The maximum Gasteiger partial charge on any atom is 0.302 e. The molecule has 0 bridgehead atoms. The molecular weight excluding hydrogens is 286 g/mol. The van der Waals surface area contributed by atoms with Crippen molar-refractivity contribution in [2.24, 2.45) is 7.05 Å². The lowest BCUT2D eigenvalue weighted by Crippen LogP contribution is -2.19. The van der Waals surface area contributed by atoms with Gasteiger partial charge < -0.3 is 14.0 Å². The third-order valence-corrected chi connectivity index (χ3v) is 3.52. The molecule has 0 fully saturated rings. The van der Waals surface area contributed by atoms with Crippen molar-refractivity contribution in [1.82, 2.24) is 4.57 Å². The van der Waals surface area contributed by atoms with Crippen LogP contribution in [-0.4, -0.2) is 35.8 Å². The zero-order valence-corrected chi connectivity index (χ0v) is 12.9. The Hall–Kier alpha value is -2.63. The number of hydrogen-bond acceptors (Lipinski definition) is 5. The Labute approximate surface area is 128 Å². The molecule has 0 saturated heterocycles. The first kappa shape index (κ1) is 15.8. The van der Waals surface area contributed by atoms with Gasteiger partial charge in [-0.2, -0.15) is 0 Å². The van der Waals surface area contributed by atoms with Gasteiger partial charge in [-0.15, -0.1) is 0 Å². The van der Waals surface area contributed by atoms with E-state index in [9.17, 15) is 14.4 Å². The zero-order chi connectivity index (χ0) is 16.4. The smallest absolute Gasteiger partial charge is 0.302 e. The molecule has 0 spiro atoms. The molecule has 1 aromatic heterocycles. The van der Waals surface area contributed by atoms with Crippen molar-refractivity contribution in [1.29, 1.82) is 0 Å². The van der Waals surface area contributed by atoms with Crippen LogP contribution in [0.25, 0.3) is 6.08 Å². The van der Waals surface area contributed by atoms with E-state index in [1.807, 2.05) is 0 Å². The first-order chi connectivity index (χ1) is 10.4. The van der Waals surface area contributed by atoms with Gasteiger partial charge in [-0.05, 0) is 24.6 Å². The van der Waals surface area contributed by atoms with Gasteiger partial charge in [0.25, 0.3) is 0 Å². The molecule has 1 aliphatic rings. The van der Waals surface area contributed by atoms with Crippen molar-refractivity contribution in [2.45, 2.75) is 13.8 Å². The van der Waals surface area contributed by atoms with Crippen molar-refractivity contribution in [3.8, 4) is 0 Å². The minimum atomic E-state index is -0.369. The van der Waals surface area contributed by atoms with Gasteiger partial charge in [0, 0.05) is 25.7 Å². The van der Waals surface area contributed by atoms with Gasteiger partial charge in [-0.3, -0.25) is 14.4 Å². The van der Waals surface area contributed by atoms with Crippen molar-refractivity contribution < 1.29 is 23.9 Å². The number of carbonyl (C=O) groups excluding carboxylic acids is 3. The molecule has 0 radical (unpaired) electrons. The number of allylic oxidation sites excluding steroid dienone is 2. The number of hydrogen-bond donors (Lipinski definition) is 0. The summed E-state index contributed by atoms with van der Waals surface area (Å²) in [5, 5.41) is 0. The zero-order valence-electron chi connectivity index (χ0n) is 12.9. The average Bonchev–Trinajstić information content (AvgIpc) is 2.71. The van der Waals surface area contributed by atoms with Crippen LogP contribution < -0.4 is 0 Å². The van der Waals surface area contributed by atoms with Crippen LogP contribution in [0.1, 0.15) is 39.0 Å². The van der Waals surface area contributed by atoms with E-state index in [0.717, 1.165) is 0 Å². The molecule has 0 atom stereocenters. The van der Waals surface area contributed by atoms with Crippen molar-refractivity contribution in [3.05, 3.63) is 40.4 Å². The molecule has 0 amide bonds. The second-order valence-corrected chi connectivity index (χ2v) is 4.90. The van der Waals surface area contributed by atoms with E-state index in [-0.39, 0.29) is 29.9 Å². The number of rotatable bonds is 4. The molecule has 6 heteroatoms. The number of ketones is 2. The maximum absolute atomic E-state index is 12.3. The second kappa shape index (κ2) is 6.01. The lowest BCUT2D eigenvalue weighted by molar-refractivity contribution is -0.139. The third-order valence-electron chi connectivity index (χ3n) is 3.52. The average molecular weight is 303 g/mol. The molecule has 2 rings (SSSR count). The van der Waals surface area contributed by atoms with Crippen LogP contribution in [0.5, 0.6) is 0 Å². The first-order valence-corrected chi connectivity index (χ1v) is 6.72. The van der Waals surface area contributed by atoms with Gasteiger partial charge in [-0.1, -0.05) is 0 Å². The Morgan fingerprint density at radius 3 is 2.64 bits per heavy atom. The summed E-state index contributed by atoms with van der Waals surface area (Å²) in [6, 6.07) is 0. The van der Waals surface area contributed by atoms with Crippen LogP contribution in [0.3, 0.4) is 0 Å². The summed E-state index contributed by atoms with van der Waals surface area (Å²) in [6.07, 6.45) is 4.59. The van der Waals surface area contributed by atoms with Crippen LogP contribution in [0.4, 0.5) is 0 Å². The largest absolute Gasteiger partial charge is 0.492 e. The van der Waals surface area contributed by atoms with E-state index in [0.29, 0.717) is 22.5 Å². The Balaban J connectivity index is 2.42. The fourth-order valence-corrected chi connectivity index (χ4v) is 2.50. The highest BCUT2D eigenvalue weighted by Crippen LogP contribution is 2.29. The van der Waals surface area contributed by atoms with Crippen molar-refractivity contribution in [2.75, 3.05) is 13.7 Å². The first-order valence-electron chi connectivity index (χ1n) is 6.72. The van der Waals surface area contributed by atoms with Gasteiger partial charge in [0.15, 0.2) is 5.76 Å². The Morgan fingerprint density at radius 2 is 2.05 bits per heavy atom. The van der Waals surface area contributed by atoms with Gasteiger partial charge in [0.05, 0.1) is 12.7 Å². The SMILES string of the molecule is COC1=CC(=O)c2c(c(C)c(/C=C/COC(C)=O)n2C)C1=O. The predicted octanol–water partition coefficient (Wildman–Crippen LogP) is 1.82. The molecule has 0 aliphatic heterocycles. The molecule has 6 nitrogen and oxygen atoms in total. The van der Waals surface area contributed by atoms with Crippen LogP contribution in [0, 0.1) is 6.92 Å². The predicted molar refractivity (Wildman–Crippen MR) is 79.6 cm³/mol. The summed E-state index contributed by atoms with van der Waals surface area (Å²) in [7, 11) is 3.08. The fourth-order valence-electron chi connectivity index (χ4n) is 2.50. The molecule has 1 aliphatic carbocycles. The standard InChI is InChI=1S/C16H17NO5/c1-9-11(6-5-7-22-10(2)18)17(3)15-12(19)8-13(21-4)16(20)14(9)15/h5-6,8H,7H2,1-4H3/b6-5+. The monoisotopic (exact) mass is 303 g/mol. The number of ether oxygens (including phenoxy) is 2. The van der Waals surface area contributed by atoms with E-state index >= 15 is 0 Å². The highest BCUT2D eigenvalue weighted by atomic mass is 16.5. The van der Waals surface area contributed by atoms with Crippen LogP contribution in [0.15, 0.2) is 17.9 Å². The van der Waals surface area contributed by atoms with Crippen LogP contribution in [-0.2, 0) is 21.3 Å². The van der Waals surface area contributed by atoms with E-state index in [1.54, 1.807) is 30.7 Å². The summed E-state index contributed by atoms with van der Waals surface area (Å²) in [5.74, 6) is -0.894. The lowest BCUT2D eigenvalue weighted by atomic mass is 9.96. The van der Waals surface area contributed by atoms with Gasteiger partial charge >= 0.3 is 5.97 Å². The molecule has 116 valence electrons. The number of methoxy groups -OCH3 is 1. The number of esters is 1. The number of aromatic nitrogens is 1. The molecule has 22 heavy (non-hydrogen) atoms. The Morgan fingerprint density at radius 1 is 1.36 bits per heavy atom. The minimum Gasteiger partial charge on any atom is -0.492 e. The fraction of sp³-hybridized carbons (Fsp3) is 0.312. The van der Waals surface area contributed by atoms with E-state index in [2.05, 4.69) is 0 Å². The Kier molecular flexibility index (Phi) is 4.30. The molecule has 0 saturated carbocycles. The van der Waals surface area contributed by atoms with Crippen LogP contribution >= 0.6 is 0 Å². The minimum absolute atomic E-state index is 0.0432.